The molecule has 0 spiro atoms. The van der Waals surface area contributed by atoms with Crippen LogP contribution in [-0.4, -0.2) is 5.91 Å². The van der Waals surface area contributed by atoms with E-state index in [1.807, 2.05) is 13.0 Å². The van der Waals surface area contributed by atoms with Crippen LogP contribution in [0.5, 0.6) is 0 Å². The Hall–Kier alpha value is -1.39. The van der Waals surface area contributed by atoms with E-state index in [4.69, 9.17) is 11.6 Å². The number of aryl methyl sites for hydroxylation is 1. The zero-order valence-electron chi connectivity index (χ0n) is 10.0. The standard InChI is InChI=1S/C14H10BrClFNO/c1-8-2-5-13(12(16)6-8)18-14(19)10-7-9(17)3-4-11(10)15/h2-7H,1H3,(H,18,19). The summed E-state index contributed by atoms with van der Waals surface area (Å²) in [5.41, 5.74) is 1.71. The molecule has 0 bridgehead atoms. The maximum atomic E-state index is 13.2. The lowest BCUT2D eigenvalue weighted by atomic mass is 10.2. The van der Waals surface area contributed by atoms with Crippen molar-refractivity contribution >= 4 is 39.1 Å². The first-order valence-electron chi connectivity index (χ1n) is 5.50. The largest absolute Gasteiger partial charge is 0.321 e. The third-order valence-electron chi connectivity index (χ3n) is 2.55. The summed E-state index contributed by atoms with van der Waals surface area (Å²) in [6.07, 6.45) is 0. The smallest absolute Gasteiger partial charge is 0.256 e. The molecule has 1 N–H and O–H groups in total. The Balaban J connectivity index is 2.28. The molecule has 0 heterocycles. The summed E-state index contributed by atoms with van der Waals surface area (Å²) in [4.78, 5) is 12.1. The lowest BCUT2D eigenvalue weighted by Gasteiger charge is -2.09. The van der Waals surface area contributed by atoms with Gasteiger partial charge in [-0.05, 0) is 58.7 Å². The summed E-state index contributed by atoms with van der Waals surface area (Å²) in [7, 11) is 0. The topological polar surface area (TPSA) is 29.1 Å². The van der Waals surface area contributed by atoms with E-state index in [9.17, 15) is 9.18 Å². The van der Waals surface area contributed by atoms with Crippen molar-refractivity contribution in [3.05, 3.63) is 62.8 Å². The van der Waals surface area contributed by atoms with Crippen LogP contribution in [0.2, 0.25) is 5.02 Å². The van der Waals surface area contributed by atoms with Crippen LogP contribution in [0, 0.1) is 12.7 Å². The molecule has 0 aliphatic rings. The van der Waals surface area contributed by atoms with Gasteiger partial charge >= 0.3 is 0 Å². The molecule has 0 aliphatic carbocycles. The second-order valence-electron chi connectivity index (χ2n) is 4.06. The fraction of sp³-hybridized carbons (Fsp3) is 0.0714. The maximum Gasteiger partial charge on any atom is 0.256 e. The van der Waals surface area contributed by atoms with Gasteiger partial charge in [-0.3, -0.25) is 4.79 Å². The lowest BCUT2D eigenvalue weighted by molar-refractivity contribution is 0.102. The van der Waals surface area contributed by atoms with E-state index in [1.54, 1.807) is 12.1 Å². The van der Waals surface area contributed by atoms with Gasteiger partial charge in [0.25, 0.3) is 5.91 Å². The van der Waals surface area contributed by atoms with Gasteiger partial charge in [-0.2, -0.15) is 0 Å². The maximum absolute atomic E-state index is 13.2. The zero-order chi connectivity index (χ0) is 14.0. The minimum Gasteiger partial charge on any atom is -0.321 e. The number of nitrogens with one attached hydrogen (secondary N) is 1. The van der Waals surface area contributed by atoms with Crippen LogP contribution in [0.1, 0.15) is 15.9 Å². The van der Waals surface area contributed by atoms with Gasteiger partial charge < -0.3 is 5.32 Å². The highest BCUT2D eigenvalue weighted by atomic mass is 79.9. The minimum atomic E-state index is -0.469. The van der Waals surface area contributed by atoms with Gasteiger partial charge in [-0.1, -0.05) is 17.7 Å². The summed E-state index contributed by atoms with van der Waals surface area (Å²) in [5, 5.41) is 3.10. The molecule has 0 radical (unpaired) electrons. The second-order valence-corrected chi connectivity index (χ2v) is 5.32. The van der Waals surface area contributed by atoms with Gasteiger partial charge in [0.2, 0.25) is 0 Å². The normalized spacial score (nSPS) is 10.3. The van der Waals surface area contributed by atoms with Crippen LogP contribution in [0.3, 0.4) is 0 Å². The molecule has 0 saturated carbocycles. The molecule has 2 aromatic carbocycles. The fourth-order valence-corrected chi connectivity index (χ4v) is 2.29. The molecule has 1 amide bonds. The van der Waals surface area contributed by atoms with Gasteiger partial charge in [0, 0.05) is 4.47 Å². The Labute approximate surface area is 123 Å². The molecule has 0 unspecified atom stereocenters. The van der Waals surface area contributed by atoms with Crippen LogP contribution in [0.15, 0.2) is 40.9 Å². The predicted molar refractivity (Wildman–Crippen MR) is 78.2 cm³/mol. The summed E-state index contributed by atoms with van der Waals surface area (Å²) in [6.45, 7) is 1.90. The third-order valence-corrected chi connectivity index (χ3v) is 3.55. The van der Waals surface area contributed by atoms with E-state index in [0.717, 1.165) is 5.56 Å². The number of halogens is 3. The quantitative estimate of drug-likeness (QED) is 0.834. The van der Waals surface area contributed by atoms with Gasteiger partial charge in [-0.15, -0.1) is 0 Å². The third kappa shape index (κ3) is 3.33. The average molecular weight is 343 g/mol. The second kappa shape index (κ2) is 5.72. The Morgan fingerprint density at radius 1 is 1.26 bits per heavy atom. The Morgan fingerprint density at radius 3 is 2.68 bits per heavy atom. The first-order chi connectivity index (χ1) is 8.97. The predicted octanol–water partition coefficient (Wildman–Crippen LogP) is 4.80. The number of benzene rings is 2. The van der Waals surface area contributed by atoms with E-state index in [1.165, 1.54) is 18.2 Å². The van der Waals surface area contributed by atoms with Crippen molar-refractivity contribution in [2.45, 2.75) is 6.92 Å². The van der Waals surface area contributed by atoms with Gasteiger partial charge in [0.1, 0.15) is 5.82 Å². The van der Waals surface area contributed by atoms with Crippen molar-refractivity contribution in [2.24, 2.45) is 0 Å². The lowest BCUT2D eigenvalue weighted by Crippen LogP contribution is -2.13. The Bertz CT molecular complexity index is 645. The van der Waals surface area contributed by atoms with E-state index < -0.39 is 11.7 Å². The molecule has 2 nitrogen and oxygen atoms in total. The molecule has 2 rings (SSSR count). The number of hydrogen-bond donors (Lipinski definition) is 1. The summed E-state index contributed by atoms with van der Waals surface area (Å²) in [5.74, 6) is -0.888. The monoisotopic (exact) mass is 341 g/mol. The number of carbonyl (C=O) groups is 1. The molecule has 0 aromatic heterocycles. The average Bonchev–Trinajstić information content (AvgIpc) is 2.35. The summed E-state index contributed by atoms with van der Waals surface area (Å²) in [6, 6.07) is 9.23. The molecule has 0 aliphatic heterocycles. The van der Waals surface area contributed by atoms with Crippen molar-refractivity contribution < 1.29 is 9.18 Å². The molecule has 0 fully saturated rings. The summed E-state index contributed by atoms with van der Waals surface area (Å²) >= 11 is 9.25. The Morgan fingerprint density at radius 2 is 2.00 bits per heavy atom. The number of rotatable bonds is 2. The molecular weight excluding hydrogens is 333 g/mol. The van der Waals surface area contributed by atoms with Crippen LogP contribution in [0.25, 0.3) is 0 Å². The van der Waals surface area contributed by atoms with Crippen LogP contribution < -0.4 is 5.32 Å². The molecule has 5 heteroatoms. The van der Waals surface area contributed by atoms with Crippen molar-refractivity contribution in [3.8, 4) is 0 Å². The van der Waals surface area contributed by atoms with Gasteiger partial charge in [0.15, 0.2) is 0 Å². The first-order valence-corrected chi connectivity index (χ1v) is 6.67. The summed E-state index contributed by atoms with van der Waals surface area (Å²) < 4.78 is 13.7. The molecule has 2 aromatic rings. The molecular formula is C14H10BrClFNO. The van der Waals surface area contributed by atoms with E-state index in [0.29, 0.717) is 15.2 Å². The van der Waals surface area contributed by atoms with Gasteiger partial charge in [0.05, 0.1) is 16.3 Å². The molecule has 0 saturated heterocycles. The van der Waals surface area contributed by atoms with E-state index >= 15 is 0 Å². The Kier molecular flexibility index (Phi) is 4.22. The highest BCUT2D eigenvalue weighted by Gasteiger charge is 2.12. The van der Waals surface area contributed by atoms with Crippen LogP contribution in [0.4, 0.5) is 10.1 Å². The van der Waals surface area contributed by atoms with E-state index in [2.05, 4.69) is 21.2 Å². The van der Waals surface area contributed by atoms with Crippen molar-refractivity contribution in [2.75, 3.05) is 5.32 Å². The highest BCUT2D eigenvalue weighted by molar-refractivity contribution is 9.10. The number of hydrogen-bond acceptors (Lipinski definition) is 1. The minimum absolute atomic E-state index is 0.219. The van der Waals surface area contributed by atoms with Crippen LogP contribution in [-0.2, 0) is 0 Å². The molecule has 98 valence electrons. The van der Waals surface area contributed by atoms with Gasteiger partial charge in [-0.25, -0.2) is 4.39 Å². The van der Waals surface area contributed by atoms with Crippen molar-refractivity contribution in [1.82, 2.24) is 0 Å². The number of anilines is 1. The molecule has 0 atom stereocenters. The zero-order valence-corrected chi connectivity index (χ0v) is 12.3. The number of carbonyl (C=O) groups excluding carboxylic acids is 1. The van der Waals surface area contributed by atoms with Crippen LogP contribution >= 0.6 is 27.5 Å². The SMILES string of the molecule is Cc1ccc(NC(=O)c2cc(F)ccc2Br)c(Cl)c1. The van der Waals surface area contributed by atoms with E-state index in [-0.39, 0.29) is 5.56 Å². The highest BCUT2D eigenvalue weighted by Crippen LogP contribution is 2.25. The van der Waals surface area contributed by atoms with Crippen molar-refractivity contribution in [1.29, 1.82) is 0 Å². The fourth-order valence-electron chi connectivity index (χ4n) is 1.58. The van der Waals surface area contributed by atoms with Crippen molar-refractivity contribution in [3.63, 3.8) is 0 Å². The molecule has 19 heavy (non-hydrogen) atoms. The number of amides is 1. The first kappa shape index (κ1) is 14.0.